The third-order valence-corrected chi connectivity index (χ3v) is 15.6. The van der Waals surface area contributed by atoms with Gasteiger partial charge in [-0.15, -0.1) is 0 Å². The lowest BCUT2D eigenvalue weighted by atomic mass is 9.95. The Morgan fingerprint density at radius 2 is 0.486 bits per heavy atom. The zero-order chi connectivity index (χ0) is 49.0. The molecule has 10 aromatic carbocycles. The Morgan fingerprint density at radius 1 is 0.243 bits per heavy atom. The first kappa shape index (κ1) is 43.6. The molecule has 0 radical (unpaired) electrons. The molecule has 2 aliphatic rings. The highest BCUT2D eigenvalue weighted by Crippen LogP contribution is 2.55. The quantitative estimate of drug-likeness (QED) is 0.147. The fourth-order valence-electron chi connectivity index (χ4n) is 9.88. The average Bonchev–Trinajstić information content (AvgIpc) is 3.48. The molecular weight excluding hydrogens is 945 g/mol. The second-order valence-corrected chi connectivity index (χ2v) is 20.1. The Hall–Kier alpha value is -9.22. The molecular formula is C64H40N8S2. The molecule has 0 unspecified atom stereocenters. The molecule has 0 bridgehead atoms. The first-order valence-corrected chi connectivity index (χ1v) is 26.0. The average molecular weight is 985 g/mol. The van der Waals surface area contributed by atoms with E-state index in [9.17, 15) is 0 Å². The molecule has 4 heterocycles. The second kappa shape index (κ2) is 18.4. The first-order valence-electron chi connectivity index (χ1n) is 24.4. The van der Waals surface area contributed by atoms with Crippen molar-refractivity contribution in [1.29, 1.82) is 0 Å². The van der Waals surface area contributed by atoms with Gasteiger partial charge in [0.15, 0.2) is 34.9 Å². The van der Waals surface area contributed by atoms with Crippen LogP contribution in [0, 0.1) is 0 Å². The molecule has 0 spiro atoms. The molecule has 0 fully saturated rings. The number of hydrogen-bond donors (Lipinski definition) is 0. The second-order valence-electron chi connectivity index (χ2n) is 17.9. The molecule has 0 saturated heterocycles. The van der Waals surface area contributed by atoms with E-state index in [1.165, 1.54) is 0 Å². The molecule has 74 heavy (non-hydrogen) atoms. The van der Waals surface area contributed by atoms with Gasteiger partial charge in [0.1, 0.15) is 0 Å². The molecule has 0 atom stereocenters. The minimum Gasteiger partial charge on any atom is -0.308 e. The van der Waals surface area contributed by atoms with Gasteiger partial charge in [0.05, 0.1) is 22.7 Å². The van der Waals surface area contributed by atoms with Crippen LogP contribution < -0.4 is 9.80 Å². The zero-order valence-electron chi connectivity index (χ0n) is 39.5. The van der Waals surface area contributed by atoms with Crippen molar-refractivity contribution >= 4 is 68.4 Å². The number of nitrogens with zero attached hydrogens (tertiary/aromatic N) is 8. The zero-order valence-corrected chi connectivity index (χ0v) is 41.1. The summed E-state index contributed by atoms with van der Waals surface area (Å²) in [6.45, 7) is 0. The summed E-state index contributed by atoms with van der Waals surface area (Å²) in [5, 5.41) is 1.82. The lowest BCUT2D eigenvalue weighted by Gasteiger charge is -2.34. The van der Waals surface area contributed by atoms with Gasteiger partial charge in [-0.2, -0.15) is 0 Å². The van der Waals surface area contributed by atoms with Crippen molar-refractivity contribution in [3.05, 3.63) is 243 Å². The fraction of sp³-hybridized carbons (Fsp3) is 0. The van der Waals surface area contributed by atoms with Gasteiger partial charge in [-0.3, -0.25) is 0 Å². The molecule has 10 heteroatoms. The van der Waals surface area contributed by atoms with E-state index in [0.29, 0.717) is 34.9 Å². The number of benzene rings is 10. The van der Waals surface area contributed by atoms with Gasteiger partial charge >= 0.3 is 0 Å². The van der Waals surface area contributed by atoms with Crippen molar-refractivity contribution in [3.8, 4) is 68.3 Å². The molecule has 8 nitrogen and oxygen atoms in total. The van der Waals surface area contributed by atoms with E-state index in [1.807, 2.05) is 72.8 Å². The van der Waals surface area contributed by atoms with E-state index in [0.717, 1.165) is 97.9 Å². The van der Waals surface area contributed by atoms with E-state index < -0.39 is 0 Å². The van der Waals surface area contributed by atoms with Gasteiger partial charge in [-0.25, -0.2) is 29.9 Å². The van der Waals surface area contributed by atoms with E-state index in [1.54, 1.807) is 23.5 Å². The summed E-state index contributed by atoms with van der Waals surface area (Å²) in [6.07, 6.45) is 0. The van der Waals surface area contributed by atoms with E-state index in [-0.39, 0.29) is 0 Å². The summed E-state index contributed by atoms with van der Waals surface area (Å²) in [7, 11) is 0. The number of para-hydroxylation sites is 4. The smallest absolute Gasteiger partial charge is 0.164 e. The predicted octanol–water partition coefficient (Wildman–Crippen LogP) is 17.1. The van der Waals surface area contributed by atoms with Crippen molar-refractivity contribution < 1.29 is 0 Å². The number of rotatable bonds is 8. The maximum atomic E-state index is 5.45. The van der Waals surface area contributed by atoms with Crippen molar-refractivity contribution in [2.45, 2.75) is 19.6 Å². The molecule has 2 aromatic heterocycles. The van der Waals surface area contributed by atoms with Gasteiger partial charge in [0, 0.05) is 64.3 Å². The molecule has 0 saturated carbocycles. The van der Waals surface area contributed by atoms with Crippen LogP contribution in [0.5, 0.6) is 0 Å². The summed E-state index contributed by atoms with van der Waals surface area (Å²) < 4.78 is 0. The Morgan fingerprint density at radius 3 is 0.770 bits per heavy atom. The molecule has 0 amide bonds. The molecule has 0 N–H and O–H groups in total. The predicted molar refractivity (Wildman–Crippen MR) is 301 cm³/mol. The van der Waals surface area contributed by atoms with Crippen LogP contribution >= 0.6 is 23.5 Å². The first-order chi connectivity index (χ1) is 36.7. The van der Waals surface area contributed by atoms with Crippen molar-refractivity contribution in [1.82, 2.24) is 29.9 Å². The number of aromatic nitrogens is 6. The summed E-state index contributed by atoms with van der Waals surface area (Å²) in [6, 6.07) is 84.2. The third-order valence-electron chi connectivity index (χ3n) is 13.3. The standard InChI is InChI=1S/C64H40N8S2/c1-5-21-41(22-6-1)59-65-60(42-23-7-2-8-24-42)68-63(67-59)49-39-45(71-51-29-13-17-33-55(51)73-56-34-18-14-30-52(56)71)38-48-47(49)37-46(72-53-31-15-19-35-57(53)74-58-36-20-16-32-54(58)72)40-50(48)64-69-61(43-25-9-3-10-26-43)66-62(70-64)44-27-11-4-12-28-44/h1-40H. The van der Waals surface area contributed by atoms with Crippen LogP contribution in [0.4, 0.5) is 34.1 Å². The van der Waals surface area contributed by atoms with Crippen LogP contribution in [0.3, 0.4) is 0 Å². The molecule has 12 aromatic rings. The van der Waals surface area contributed by atoms with Crippen LogP contribution in [0.2, 0.25) is 0 Å². The minimum absolute atomic E-state index is 0.529. The van der Waals surface area contributed by atoms with E-state index in [2.05, 4.69) is 180 Å². The lowest BCUT2D eigenvalue weighted by Crippen LogP contribution is -2.16. The SMILES string of the molecule is c1ccc(-c2nc(-c3ccccc3)nc(-c3cc(N4c5ccccc5Sc5ccccc54)cc4c(-c5nc(-c6ccccc6)nc(-c6ccccc6)n5)cc(N5c6ccccc6Sc6ccccc65)cc34)n2)cc1. The topological polar surface area (TPSA) is 83.8 Å². The maximum Gasteiger partial charge on any atom is 0.164 e. The van der Waals surface area contributed by atoms with Gasteiger partial charge in [-0.1, -0.05) is 193 Å². The van der Waals surface area contributed by atoms with Crippen molar-refractivity contribution in [2.24, 2.45) is 0 Å². The summed E-state index contributed by atoms with van der Waals surface area (Å²) in [5.41, 5.74) is 11.3. The molecule has 0 aliphatic carbocycles. The largest absolute Gasteiger partial charge is 0.308 e. The van der Waals surface area contributed by atoms with Gasteiger partial charge < -0.3 is 9.80 Å². The Balaban J connectivity index is 1.14. The third kappa shape index (κ3) is 7.84. The Kier molecular flexibility index (Phi) is 10.9. The highest BCUT2D eigenvalue weighted by atomic mass is 32.2. The number of fused-ring (bicyclic) bond motifs is 5. The fourth-order valence-corrected chi connectivity index (χ4v) is 12.0. The number of anilines is 6. The summed E-state index contributed by atoms with van der Waals surface area (Å²) >= 11 is 3.56. The van der Waals surface area contributed by atoms with Gasteiger partial charge in [-0.05, 0) is 83.6 Å². The van der Waals surface area contributed by atoms with E-state index in [4.69, 9.17) is 29.9 Å². The van der Waals surface area contributed by atoms with E-state index >= 15 is 0 Å². The lowest BCUT2D eigenvalue weighted by molar-refractivity contribution is 1.07. The summed E-state index contributed by atoms with van der Waals surface area (Å²) in [4.78, 5) is 41.4. The normalized spacial score (nSPS) is 12.4. The van der Waals surface area contributed by atoms with Crippen LogP contribution in [-0.4, -0.2) is 29.9 Å². The Bertz CT molecular complexity index is 3630. The van der Waals surface area contributed by atoms with Crippen molar-refractivity contribution in [3.63, 3.8) is 0 Å². The molecule has 2 aliphatic heterocycles. The van der Waals surface area contributed by atoms with Crippen LogP contribution in [0.25, 0.3) is 79.1 Å². The van der Waals surface area contributed by atoms with Crippen LogP contribution in [0.1, 0.15) is 0 Å². The maximum absolute atomic E-state index is 5.45. The van der Waals surface area contributed by atoms with Crippen molar-refractivity contribution in [2.75, 3.05) is 9.80 Å². The highest BCUT2D eigenvalue weighted by Gasteiger charge is 2.30. The van der Waals surface area contributed by atoms with Crippen LogP contribution in [0.15, 0.2) is 262 Å². The van der Waals surface area contributed by atoms with Gasteiger partial charge in [0.25, 0.3) is 0 Å². The number of hydrogen-bond acceptors (Lipinski definition) is 10. The van der Waals surface area contributed by atoms with Crippen LogP contribution in [-0.2, 0) is 0 Å². The minimum atomic E-state index is 0.529. The highest BCUT2D eigenvalue weighted by molar-refractivity contribution is 8.00. The Labute approximate surface area is 436 Å². The monoisotopic (exact) mass is 984 g/mol. The van der Waals surface area contributed by atoms with Gasteiger partial charge in [0.2, 0.25) is 0 Å². The summed E-state index contributed by atoms with van der Waals surface area (Å²) in [5.74, 6) is 3.35. The molecule has 14 rings (SSSR count). The molecule has 348 valence electrons.